The molecule has 1 aliphatic rings. The van der Waals surface area contributed by atoms with Gasteiger partial charge in [0.1, 0.15) is 17.9 Å². The molecule has 0 unspecified atom stereocenters. The van der Waals surface area contributed by atoms with Gasteiger partial charge in [0, 0.05) is 43.2 Å². The van der Waals surface area contributed by atoms with Crippen LogP contribution in [-0.4, -0.2) is 56.0 Å². The first-order valence-electron chi connectivity index (χ1n) is 10.00. The average Bonchev–Trinajstić information content (AvgIpc) is 2.84. The van der Waals surface area contributed by atoms with Crippen molar-refractivity contribution in [2.45, 2.75) is 0 Å². The predicted octanol–water partition coefficient (Wildman–Crippen LogP) is 3.27. The SMILES string of the molecule is COc1ccc(-c2cc(N3CCN(S(=O)(=O)/C=C/c4ccccc4)CC3)ncn2)cc1. The van der Waals surface area contributed by atoms with Crippen LogP contribution in [0.5, 0.6) is 5.75 Å². The minimum Gasteiger partial charge on any atom is -0.497 e. The number of nitrogens with zero attached hydrogens (tertiary/aromatic N) is 4. The van der Waals surface area contributed by atoms with Gasteiger partial charge in [0.15, 0.2) is 0 Å². The molecule has 1 saturated heterocycles. The Kier molecular flexibility index (Phi) is 6.29. The van der Waals surface area contributed by atoms with E-state index in [2.05, 4.69) is 14.9 Å². The average molecular weight is 437 g/mol. The van der Waals surface area contributed by atoms with Crippen LogP contribution in [0.25, 0.3) is 17.3 Å². The fourth-order valence-corrected chi connectivity index (χ4v) is 4.60. The van der Waals surface area contributed by atoms with E-state index in [9.17, 15) is 8.42 Å². The number of benzene rings is 2. The Hall–Kier alpha value is -3.23. The number of ether oxygens (including phenoxy) is 1. The highest BCUT2D eigenvalue weighted by atomic mass is 32.2. The molecule has 3 aromatic rings. The van der Waals surface area contributed by atoms with E-state index in [-0.39, 0.29) is 0 Å². The van der Waals surface area contributed by atoms with Gasteiger partial charge in [-0.2, -0.15) is 4.31 Å². The molecule has 0 spiro atoms. The van der Waals surface area contributed by atoms with E-state index in [4.69, 9.17) is 4.74 Å². The second kappa shape index (κ2) is 9.28. The van der Waals surface area contributed by atoms with E-state index >= 15 is 0 Å². The lowest BCUT2D eigenvalue weighted by Gasteiger charge is -2.34. The lowest BCUT2D eigenvalue weighted by Crippen LogP contribution is -2.48. The summed E-state index contributed by atoms with van der Waals surface area (Å²) in [4.78, 5) is 10.9. The van der Waals surface area contributed by atoms with Gasteiger partial charge in [0.2, 0.25) is 10.0 Å². The third-order valence-corrected chi connectivity index (χ3v) is 6.76. The summed E-state index contributed by atoms with van der Waals surface area (Å²) < 4.78 is 32.1. The van der Waals surface area contributed by atoms with Gasteiger partial charge in [-0.1, -0.05) is 30.3 Å². The van der Waals surface area contributed by atoms with Crippen molar-refractivity contribution in [3.05, 3.63) is 78.0 Å². The Bertz CT molecular complexity index is 1140. The number of aromatic nitrogens is 2. The second-order valence-corrected chi connectivity index (χ2v) is 8.95. The molecule has 2 heterocycles. The van der Waals surface area contributed by atoms with Crippen LogP contribution < -0.4 is 9.64 Å². The Balaban J connectivity index is 1.42. The summed E-state index contributed by atoms with van der Waals surface area (Å²) >= 11 is 0. The monoisotopic (exact) mass is 436 g/mol. The number of anilines is 1. The molecule has 0 radical (unpaired) electrons. The molecule has 0 atom stereocenters. The van der Waals surface area contributed by atoms with Crippen molar-refractivity contribution < 1.29 is 13.2 Å². The number of piperazine rings is 1. The standard InChI is InChI=1S/C23H24N4O3S/c1-30-21-9-7-20(8-10-21)22-17-23(25-18-24-22)26-12-14-27(15-13-26)31(28,29)16-11-19-5-3-2-4-6-19/h2-11,16-18H,12-15H2,1H3/b16-11+. The normalized spacial score (nSPS) is 15.3. The third kappa shape index (κ3) is 5.10. The van der Waals surface area contributed by atoms with E-state index in [1.807, 2.05) is 60.7 Å². The van der Waals surface area contributed by atoms with Crippen LogP contribution >= 0.6 is 0 Å². The van der Waals surface area contributed by atoms with E-state index in [0.29, 0.717) is 26.2 Å². The van der Waals surface area contributed by atoms with Crippen molar-refractivity contribution >= 4 is 21.9 Å². The highest BCUT2D eigenvalue weighted by Gasteiger charge is 2.25. The van der Waals surface area contributed by atoms with E-state index in [0.717, 1.165) is 28.4 Å². The van der Waals surface area contributed by atoms with Crippen LogP contribution in [0.2, 0.25) is 0 Å². The van der Waals surface area contributed by atoms with Crippen molar-refractivity contribution in [3.63, 3.8) is 0 Å². The van der Waals surface area contributed by atoms with Gasteiger partial charge < -0.3 is 9.64 Å². The number of hydrogen-bond acceptors (Lipinski definition) is 6. The lowest BCUT2D eigenvalue weighted by molar-refractivity contribution is 0.389. The molecule has 0 aliphatic carbocycles. The van der Waals surface area contributed by atoms with E-state index < -0.39 is 10.0 Å². The highest BCUT2D eigenvalue weighted by molar-refractivity contribution is 7.92. The Morgan fingerprint density at radius 2 is 1.65 bits per heavy atom. The fraction of sp³-hybridized carbons (Fsp3) is 0.217. The van der Waals surface area contributed by atoms with Crippen LogP contribution in [0, 0.1) is 0 Å². The molecule has 7 nitrogen and oxygen atoms in total. The summed E-state index contributed by atoms with van der Waals surface area (Å²) in [5.41, 5.74) is 2.64. The molecule has 160 valence electrons. The molecule has 8 heteroatoms. The van der Waals surface area contributed by atoms with Crippen LogP contribution in [0.15, 0.2) is 72.4 Å². The molecule has 1 aromatic heterocycles. The predicted molar refractivity (Wildman–Crippen MR) is 122 cm³/mol. The van der Waals surface area contributed by atoms with Gasteiger partial charge in [-0.05, 0) is 35.9 Å². The van der Waals surface area contributed by atoms with E-state index in [1.165, 1.54) is 9.71 Å². The quantitative estimate of drug-likeness (QED) is 0.590. The first-order valence-corrected chi connectivity index (χ1v) is 11.5. The number of sulfonamides is 1. The van der Waals surface area contributed by atoms with Crippen LogP contribution in [0.4, 0.5) is 5.82 Å². The smallest absolute Gasteiger partial charge is 0.236 e. The molecule has 0 saturated carbocycles. The zero-order valence-corrected chi connectivity index (χ0v) is 18.1. The third-order valence-electron chi connectivity index (χ3n) is 5.19. The van der Waals surface area contributed by atoms with Crippen LogP contribution in [-0.2, 0) is 10.0 Å². The maximum atomic E-state index is 12.7. The number of methoxy groups -OCH3 is 1. The summed E-state index contributed by atoms with van der Waals surface area (Å²) in [6.45, 7) is 1.95. The van der Waals surface area contributed by atoms with Gasteiger partial charge in [0.25, 0.3) is 0 Å². The molecular weight excluding hydrogens is 412 g/mol. The molecule has 0 amide bonds. The van der Waals surface area contributed by atoms with Crippen molar-refractivity contribution in [2.75, 3.05) is 38.2 Å². The van der Waals surface area contributed by atoms with Gasteiger partial charge in [-0.25, -0.2) is 18.4 Å². The molecule has 1 fully saturated rings. The van der Waals surface area contributed by atoms with Crippen molar-refractivity contribution in [1.82, 2.24) is 14.3 Å². The second-order valence-electron chi connectivity index (χ2n) is 7.13. The molecule has 0 N–H and O–H groups in total. The summed E-state index contributed by atoms with van der Waals surface area (Å²) in [5, 5.41) is 1.28. The molecule has 1 aliphatic heterocycles. The van der Waals surface area contributed by atoms with Crippen molar-refractivity contribution in [2.24, 2.45) is 0 Å². The number of rotatable bonds is 6. The molecular formula is C23H24N4O3S. The van der Waals surface area contributed by atoms with Gasteiger partial charge in [-0.15, -0.1) is 0 Å². The summed E-state index contributed by atoms with van der Waals surface area (Å²) in [6.07, 6.45) is 3.17. The van der Waals surface area contributed by atoms with Crippen LogP contribution in [0.1, 0.15) is 5.56 Å². The zero-order chi connectivity index (χ0) is 21.7. The first kappa shape index (κ1) is 21.0. The topological polar surface area (TPSA) is 75.6 Å². The molecule has 2 aromatic carbocycles. The minimum absolute atomic E-state index is 0.406. The first-order chi connectivity index (χ1) is 15.0. The highest BCUT2D eigenvalue weighted by Crippen LogP contribution is 2.24. The minimum atomic E-state index is -3.46. The lowest BCUT2D eigenvalue weighted by atomic mass is 10.1. The summed E-state index contributed by atoms with van der Waals surface area (Å²) in [5.74, 6) is 1.58. The molecule has 4 rings (SSSR count). The Labute approximate surface area is 182 Å². The van der Waals surface area contributed by atoms with Crippen LogP contribution in [0.3, 0.4) is 0 Å². The van der Waals surface area contributed by atoms with Gasteiger partial charge in [0.05, 0.1) is 12.8 Å². The zero-order valence-electron chi connectivity index (χ0n) is 17.3. The van der Waals surface area contributed by atoms with Crippen molar-refractivity contribution in [3.8, 4) is 17.0 Å². The maximum absolute atomic E-state index is 12.7. The summed E-state index contributed by atoms with van der Waals surface area (Å²) in [6, 6.07) is 19.0. The molecule has 0 bridgehead atoms. The van der Waals surface area contributed by atoms with Gasteiger partial charge >= 0.3 is 0 Å². The molecule has 31 heavy (non-hydrogen) atoms. The Morgan fingerprint density at radius 1 is 0.935 bits per heavy atom. The van der Waals surface area contributed by atoms with E-state index in [1.54, 1.807) is 19.5 Å². The maximum Gasteiger partial charge on any atom is 0.236 e. The van der Waals surface area contributed by atoms with Gasteiger partial charge in [-0.3, -0.25) is 0 Å². The van der Waals surface area contributed by atoms with Crippen molar-refractivity contribution in [1.29, 1.82) is 0 Å². The Morgan fingerprint density at radius 3 is 2.32 bits per heavy atom. The number of hydrogen-bond donors (Lipinski definition) is 0. The fourth-order valence-electron chi connectivity index (χ4n) is 3.43. The largest absolute Gasteiger partial charge is 0.497 e. The summed E-state index contributed by atoms with van der Waals surface area (Å²) in [7, 11) is -1.83.